The zero-order valence-electron chi connectivity index (χ0n) is 13.1. The summed E-state index contributed by atoms with van der Waals surface area (Å²) in [5.74, 6) is 0.294. The van der Waals surface area contributed by atoms with E-state index in [-0.39, 0.29) is 12.5 Å². The minimum atomic E-state index is -0.355. The monoisotopic (exact) mass is 362 g/mol. The summed E-state index contributed by atoms with van der Waals surface area (Å²) in [7, 11) is 0. The van der Waals surface area contributed by atoms with E-state index in [1.807, 2.05) is 43.6 Å². The van der Waals surface area contributed by atoms with Crippen LogP contribution in [0.1, 0.15) is 16.8 Å². The van der Waals surface area contributed by atoms with Gasteiger partial charge in [-0.3, -0.25) is 9.20 Å². The van der Waals surface area contributed by atoms with Gasteiger partial charge in [0.1, 0.15) is 11.4 Å². The van der Waals surface area contributed by atoms with Crippen molar-refractivity contribution in [1.29, 1.82) is 0 Å². The van der Waals surface area contributed by atoms with E-state index in [4.69, 9.17) is 16.3 Å². The lowest BCUT2D eigenvalue weighted by Crippen LogP contribution is -2.24. The number of aryl methyl sites for hydroxylation is 2. The number of halogens is 1. The molecule has 1 aromatic carbocycles. The van der Waals surface area contributed by atoms with Crippen molar-refractivity contribution in [1.82, 2.24) is 14.8 Å². The normalized spacial score (nSPS) is 11.3. The number of aromatic nitrogens is 2. The van der Waals surface area contributed by atoms with Crippen molar-refractivity contribution in [2.75, 3.05) is 6.61 Å². The molecule has 0 aliphatic carbocycles. The Hall–Kier alpha value is -2.38. The van der Waals surface area contributed by atoms with Gasteiger partial charge >= 0.3 is 0 Å². The van der Waals surface area contributed by atoms with Gasteiger partial charge in [0.25, 0.3) is 5.91 Å². The van der Waals surface area contributed by atoms with Crippen LogP contribution in [0.2, 0.25) is 5.15 Å². The molecule has 124 valence electrons. The summed E-state index contributed by atoms with van der Waals surface area (Å²) in [6, 6.07) is 5.68. The number of amides is 1. The number of imidazole rings is 1. The predicted octanol–water partition coefficient (Wildman–Crippen LogP) is 3.20. The van der Waals surface area contributed by atoms with Crippen LogP contribution in [0.4, 0.5) is 0 Å². The number of fused-ring (bicyclic) bond motifs is 1. The molecule has 2 aromatic heterocycles. The van der Waals surface area contributed by atoms with Gasteiger partial charge in [-0.05, 0) is 37.1 Å². The standard InChI is InChI=1S/C16H15ClN4O2S/c1-10-3-4-12(7-11(10)2)23-9-14(22)20-18-8-13-15(17)19-16-21(13)5-6-24-16/h3-8H,9H2,1-2H3,(H,20,22)/b18-8-. The Balaban J connectivity index is 1.56. The van der Waals surface area contributed by atoms with Crippen molar-refractivity contribution in [2.45, 2.75) is 13.8 Å². The van der Waals surface area contributed by atoms with Crippen molar-refractivity contribution in [3.8, 4) is 5.75 Å². The smallest absolute Gasteiger partial charge is 0.277 e. The van der Waals surface area contributed by atoms with Gasteiger partial charge in [0, 0.05) is 11.6 Å². The number of hydrogen-bond donors (Lipinski definition) is 1. The number of nitrogens with one attached hydrogen (secondary N) is 1. The van der Waals surface area contributed by atoms with E-state index in [0.29, 0.717) is 16.6 Å². The summed E-state index contributed by atoms with van der Waals surface area (Å²) < 4.78 is 7.24. The molecule has 2 heterocycles. The van der Waals surface area contributed by atoms with Gasteiger partial charge in [0.2, 0.25) is 0 Å². The van der Waals surface area contributed by atoms with Crippen LogP contribution in [0, 0.1) is 13.8 Å². The maximum Gasteiger partial charge on any atom is 0.277 e. The lowest BCUT2D eigenvalue weighted by molar-refractivity contribution is -0.123. The van der Waals surface area contributed by atoms with Crippen LogP contribution < -0.4 is 10.2 Å². The molecule has 8 heteroatoms. The van der Waals surface area contributed by atoms with E-state index in [9.17, 15) is 4.79 Å². The number of rotatable bonds is 5. The molecule has 0 atom stereocenters. The van der Waals surface area contributed by atoms with Gasteiger partial charge in [-0.15, -0.1) is 11.3 Å². The average molecular weight is 363 g/mol. The zero-order valence-corrected chi connectivity index (χ0v) is 14.7. The Labute approximate surface area is 147 Å². The fourth-order valence-electron chi connectivity index (χ4n) is 2.04. The van der Waals surface area contributed by atoms with Crippen molar-refractivity contribution in [3.05, 3.63) is 51.7 Å². The zero-order chi connectivity index (χ0) is 17.1. The molecule has 0 unspecified atom stereocenters. The van der Waals surface area contributed by atoms with E-state index in [1.165, 1.54) is 23.1 Å². The molecule has 0 saturated heterocycles. The van der Waals surface area contributed by atoms with Gasteiger partial charge in [0.05, 0.1) is 6.21 Å². The number of hydrazone groups is 1. The van der Waals surface area contributed by atoms with E-state index >= 15 is 0 Å². The maximum absolute atomic E-state index is 11.8. The Morgan fingerprint density at radius 1 is 1.46 bits per heavy atom. The molecular formula is C16H15ClN4O2S. The maximum atomic E-state index is 11.8. The Morgan fingerprint density at radius 3 is 3.08 bits per heavy atom. The molecule has 0 fully saturated rings. The molecule has 0 radical (unpaired) electrons. The minimum absolute atomic E-state index is 0.117. The predicted molar refractivity (Wildman–Crippen MR) is 95.2 cm³/mol. The third-order valence-corrected chi connectivity index (χ3v) is 4.51. The van der Waals surface area contributed by atoms with E-state index in [0.717, 1.165) is 10.5 Å². The fraction of sp³-hybridized carbons (Fsp3) is 0.188. The molecule has 0 bridgehead atoms. The van der Waals surface area contributed by atoms with Crippen molar-refractivity contribution < 1.29 is 9.53 Å². The largest absolute Gasteiger partial charge is 0.484 e. The molecule has 6 nitrogen and oxygen atoms in total. The second-order valence-corrected chi connectivity index (χ2v) is 6.40. The van der Waals surface area contributed by atoms with Crippen LogP contribution in [-0.2, 0) is 4.79 Å². The van der Waals surface area contributed by atoms with Gasteiger partial charge in [-0.1, -0.05) is 17.7 Å². The van der Waals surface area contributed by atoms with E-state index in [2.05, 4.69) is 15.5 Å². The Bertz CT molecular complexity index is 916. The number of thiazole rings is 1. The van der Waals surface area contributed by atoms with Crippen LogP contribution in [-0.4, -0.2) is 28.1 Å². The highest BCUT2D eigenvalue weighted by Crippen LogP contribution is 2.19. The number of nitrogens with zero attached hydrogens (tertiary/aromatic N) is 3. The Kier molecular flexibility index (Phi) is 4.82. The fourth-order valence-corrected chi connectivity index (χ4v) is 3.03. The first kappa shape index (κ1) is 16.5. The molecule has 1 amide bonds. The Morgan fingerprint density at radius 2 is 2.29 bits per heavy atom. The van der Waals surface area contributed by atoms with Gasteiger partial charge in [-0.2, -0.15) is 5.10 Å². The summed E-state index contributed by atoms with van der Waals surface area (Å²) in [6.07, 6.45) is 3.30. The van der Waals surface area contributed by atoms with Crippen LogP contribution in [0.3, 0.4) is 0 Å². The molecule has 24 heavy (non-hydrogen) atoms. The lowest BCUT2D eigenvalue weighted by atomic mass is 10.1. The van der Waals surface area contributed by atoms with E-state index < -0.39 is 0 Å². The highest BCUT2D eigenvalue weighted by molar-refractivity contribution is 7.15. The number of hydrogen-bond acceptors (Lipinski definition) is 5. The van der Waals surface area contributed by atoms with Crippen molar-refractivity contribution in [3.63, 3.8) is 0 Å². The third kappa shape index (κ3) is 3.58. The summed E-state index contributed by atoms with van der Waals surface area (Å²) in [5, 5.41) is 6.14. The third-order valence-electron chi connectivity index (χ3n) is 3.48. The van der Waals surface area contributed by atoms with Gasteiger partial charge < -0.3 is 4.74 Å². The van der Waals surface area contributed by atoms with Crippen LogP contribution >= 0.6 is 22.9 Å². The summed E-state index contributed by atoms with van der Waals surface area (Å²) in [6.45, 7) is 3.90. The second-order valence-electron chi connectivity index (χ2n) is 5.17. The quantitative estimate of drug-likeness (QED) is 0.559. The van der Waals surface area contributed by atoms with Crippen LogP contribution in [0.25, 0.3) is 4.96 Å². The second kappa shape index (κ2) is 7.02. The first-order valence-corrected chi connectivity index (χ1v) is 8.43. The van der Waals surface area contributed by atoms with Crippen LogP contribution in [0.15, 0.2) is 34.9 Å². The highest BCUT2D eigenvalue weighted by Gasteiger charge is 2.09. The summed E-state index contributed by atoms with van der Waals surface area (Å²) in [4.78, 5) is 16.7. The molecule has 3 rings (SSSR count). The van der Waals surface area contributed by atoms with Crippen molar-refractivity contribution in [2.24, 2.45) is 5.10 Å². The molecule has 1 N–H and O–H groups in total. The van der Waals surface area contributed by atoms with E-state index in [1.54, 1.807) is 4.40 Å². The summed E-state index contributed by atoms with van der Waals surface area (Å²) >= 11 is 7.51. The summed E-state index contributed by atoms with van der Waals surface area (Å²) in [5.41, 5.74) is 5.31. The molecule has 0 saturated carbocycles. The average Bonchev–Trinajstić information content (AvgIpc) is 3.10. The molecule has 0 aliphatic rings. The van der Waals surface area contributed by atoms with Crippen LogP contribution in [0.5, 0.6) is 5.75 Å². The lowest BCUT2D eigenvalue weighted by Gasteiger charge is -2.07. The number of carbonyl (C=O) groups is 1. The first-order valence-electron chi connectivity index (χ1n) is 7.17. The molecule has 3 aromatic rings. The topological polar surface area (TPSA) is 68.0 Å². The molecule has 0 spiro atoms. The SMILES string of the molecule is Cc1ccc(OCC(=O)N/N=C\c2c(Cl)nc3sccn23)cc1C. The minimum Gasteiger partial charge on any atom is -0.484 e. The molecule has 0 aliphatic heterocycles. The highest BCUT2D eigenvalue weighted by atomic mass is 35.5. The number of ether oxygens (including phenoxy) is 1. The number of carbonyl (C=O) groups excluding carboxylic acids is 1. The van der Waals surface area contributed by atoms with Crippen molar-refractivity contribution >= 4 is 40.0 Å². The molecular weight excluding hydrogens is 348 g/mol. The number of benzene rings is 1. The van der Waals surface area contributed by atoms with Gasteiger partial charge in [0.15, 0.2) is 16.7 Å². The van der Waals surface area contributed by atoms with Gasteiger partial charge in [-0.25, -0.2) is 10.4 Å². The first-order chi connectivity index (χ1) is 11.5.